The summed E-state index contributed by atoms with van der Waals surface area (Å²) in [4.78, 5) is 21.2. The Balaban J connectivity index is 1.26. The van der Waals surface area contributed by atoms with Crippen LogP contribution in [0.2, 0.25) is 0 Å². The summed E-state index contributed by atoms with van der Waals surface area (Å²) in [6.45, 7) is 8.65. The average molecular weight is 643 g/mol. The summed E-state index contributed by atoms with van der Waals surface area (Å²) in [5.41, 5.74) is 16.3. The Hall–Kier alpha value is -6.26. The monoisotopic (exact) mass is 642 g/mol. The van der Waals surface area contributed by atoms with Crippen LogP contribution in [0, 0.1) is 27.7 Å². The van der Waals surface area contributed by atoms with E-state index in [0.717, 1.165) is 99.8 Å². The van der Waals surface area contributed by atoms with Gasteiger partial charge in [0.15, 0.2) is 0 Å². The van der Waals surface area contributed by atoms with Gasteiger partial charge >= 0.3 is 0 Å². The third kappa shape index (κ3) is 4.91. The predicted octanol–water partition coefficient (Wildman–Crippen LogP) is 11.8. The van der Waals surface area contributed by atoms with Crippen LogP contribution in [-0.4, -0.2) is 19.9 Å². The molecule has 4 nitrogen and oxygen atoms in total. The molecule has 0 fully saturated rings. The van der Waals surface area contributed by atoms with Crippen LogP contribution in [-0.2, 0) is 0 Å². The van der Waals surface area contributed by atoms with Gasteiger partial charge in [0, 0.05) is 43.8 Å². The second-order valence-electron chi connectivity index (χ2n) is 13.3. The van der Waals surface area contributed by atoms with E-state index in [1.165, 1.54) is 11.1 Å². The molecule has 0 bridgehead atoms. The first-order valence-electron chi connectivity index (χ1n) is 17.1. The van der Waals surface area contributed by atoms with Crippen LogP contribution in [0.15, 0.2) is 133 Å². The van der Waals surface area contributed by atoms with Crippen molar-refractivity contribution in [2.24, 2.45) is 0 Å². The minimum Gasteiger partial charge on any atom is -0.245 e. The third-order valence-electron chi connectivity index (χ3n) is 9.96. The molecule has 9 aromatic rings. The Labute approximate surface area is 291 Å². The molecule has 0 atom stereocenters. The fraction of sp³-hybridized carbons (Fsp3) is 0.0870. The molecular formula is C46H34N4. The van der Waals surface area contributed by atoms with Crippen LogP contribution in [0.25, 0.3) is 88.6 Å². The number of rotatable bonds is 4. The Bertz CT molecular complexity index is 2590. The van der Waals surface area contributed by atoms with E-state index in [2.05, 4.69) is 149 Å². The first-order valence-corrected chi connectivity index (χ1v) is 17.1. The van der Waals surface area contributed by atoms with Crippen molar-refractivity contribution < 1.29 is 0 Å². The quantitative estimate of drug-likeness (QED) is 0.179. The van der Waals surface area contributed by atoms with Crippen molar-refractivity contribution in [1.29, 1.82) is 0 Å². The number of hydrogen-bond acceptors (Lipinski definition) is 4. The zero-order valence-corrected chi connectivity index (χ0v) is 28.5. The van der Waals surface area contributed by atoms with Gasteiger partial charge in [-0.05, 0) is 74.2 Å². The first-order chi connectivity index (χ1) is 24.4. The molecule has 0 aliphatic heterocycles. The van der Waals surface area contributed by atoms with E-state index in [0.29, 0.717) is 0 Å². The third-order valence-corrected chi connectivity index (χ3v) is 9.96. The molecule has 0 N–H and O–H groups in total. The number of aryl methyl sites for hydroxylation is 4. The molecule has 4 aromatic heterocycles. The first kappa shape index (κ1) is 29.8. The molecule has 0 amide bonds. The minimum atomic E-state index is 0.903. The van der Waals surface area contributed by atoms with Gasteiger partial charge in [0.25, 0.3) is 0 Å². The molecular weight excluding hydrogens is 609 g/mol. The highest BCUT2D eigenvalue weighted by molar-refractivity contribution is 6.08. The molecule has 4 heterocycles. The minimum absolute atomic E-state index is 0.903. The van der Waals surface area contributed by atoms with E-state index in [9.17, 15) is 0 Å². The van der Waals surface area contributed by atoms with E-state index in [1.54, 1.807) is 0 Å². The Morgan fingerprint density at radius 2 is 0.580 bits per heavy atom. The summed E-state index contributed by atoms with van der Waals surface area (Å²) in [7, 11) is 0. The maximum absolute atomic E-state index is 5.39. The van der Waals surface area contributed by atoms with E-state index in [4.69, 9.17) is 19.9 Å². The van der Waals surface area contributed by atoms with Gasteiger partial charge in [-0.3, -0.25) is 0 Å². The lowest BCUT2D eigenvalue weighted by Gasteiger charge is -2.15. The zero-order valence-electron chi connectivity index (χ0n) is 28.5. The number of nitrogens with zero attached hydrogens (tertiary/aromatic N) is 4. The highest BCUT2D eigenvalue weighted by Crippen LogP contribution is 2.38. The summed E-state index contributed by atoms with van der Waals surface area (Å²) < 4.78 is 0. The van der Waals surface area contributed by atoms with Crippen molar-refractivity contribution in [3.8, 4) is 45.0 Å². The Morgan fingerprint density at radius 1 is 0.300 bits per heavy atom. The molecule has 4 heteroatoms. The largest absolute Gasteiger partial charge is 0.245 e. The second-order valence-corrected chi connectivity index (χ2v) is 13.3. The van der Waals surface area contributed by atoms with Gasteiger partial charge in [0.1, 0.15) is 0 Å². The Morgan fingerprint density at radius 3 is 0.920 bits per heavy atom. The zero-order chi connectivity index (χ0) is 33.9. The van der Waals surface area contributed by atoms with Crippen LogP contribution in [0.1, 0.15) is 22.3 Å². The van der Waals surface area contributed by atoms with Gasteiger partial charge in [0.05, 0.1) is 44.8 Å². The van der Waals surface area contributed by atoms with Crippen molar-refractivity contribution in [2.75, 3.05) is 0 Å². The molecule has 238 valence electrons. The molecule has 9 rings (SSSR count). The van der Waals surface area contributed by atoms with Gasteiger partial charge in [-0.2, -0.15) is 0 Å². The van der Waals surface area contributed by atoms with Gasteiger partial charge < -0.3 is 0 Å². The lowest BCUT2D eigenvalue weighted by atomic mass is 9.95. The summed E-state index contributed by atoms with van der Waals surface area (Å²) in [6.07, 6.45) is 0. The molecule has 0 aliphatic carbocycles. The van der Waals surface area contributed by atoms with Gasteiger partial charge in [-0.15, -0.1) is 0 Å². The SMILES string of the molecule is Cc1cc(-c2ccccc2)nc2c1ccc1c(C)cc(-c3ccccc3-c3cc(C)c4ccc5c(C)cc(-c6ccccc6)nc5c4n3)nc12. The van der Waals surface area contributed by atoms with E-state index in [1.807, 2.05) is 12.1 Å². The standard InChI is InChI=1S/C46H34N4/c1-27-23-39(31-13-7-5-8-14-31)47-43-33(27)19-21-35-29(3)25-41(49-45(35)43)37-17-11-12-18-38(37)42-26-30(4)36-22-20-34-28(2)24-40(32-15-9-6-10-16-32)48-44(34)46(36)50-42/h5-26H,1-4H3. The number of benzene rings is 5. The van der Waals surface area contributed by atoms with Crippen LogP contribution in [0.4, 0.5) is 0 Å². The molecule has 0 unspecified atom stereocenters. The average Bonchev–Trinajstić information content (AvgIpc) is 3.15. The fourth-order valence-corrected chi connectivity index (χ4v) is 7.35. The van der Waals surface area contributed by atoms with Crippen LogP contribution in [0.3, 0.4) is 0 Å². The smallest absolute Gasteiger partial charge is 0.0975 e. The number of fused-ring (bicyclic) bond motifs is 6. The van der Waals surface area contributed by atoms with E-state index in [-0.39, 0.29) is 0 Å². The van der Waals surface area contributed by atoms with Crippen molar-refractivity contribution in [3.63, 3.8) is 0 Å². The molecule has 5 aromatic carbocycles. The fourth-order valence-electron chi connectivity index (χ4n) is 7.35. The van der Waals surface area contributed by atoms with Crippen molar-refractivity contribution >= 4 is 43.6 Å². The lowest BCUT2D eigenvalue weighted by molar-refractivity contribution is 1.31. The van der Waals surface area contributed by atoms with Crippen LogP contribution in [0.5, 0.6) is 0 Å². The maximum Gasteiger partial charge on any atom is 0.0975 e. The molecule has 0 saturated heterocycles. The van der Waals surface area contributed by atoms with Gasteiger partial charge in [0.2, 0.25) is 0 Å². The number of aromatic nitrogens is 4. The summed E-state index contributed by atoms with van der Waals surface area (Å²) in [5.74, 6) is 0. The number of hydrogen-bond donors (Lipinski definition) is 0. The van der Waals surface area contributed by atoms with Crippen molar-refractivity contribution in [3.05, 3.63) is 156 Å². The van der Waals surface area contributed by atoms with Crippen molar-refractivity contribution in [2.45, 2.75) is 27.7 Å². The number of pyridine rings is 4. The van der Waals surface area contributed by atoms with Crippen LogP contribution < -0.4 is 0 Å². The van der Waals surface area contributed by atoms with E-state index < -0.39 is 0 Å². The Kier molecular flexibility index (Phi) is 6.99. The topological polar surface area (TPSA) is 51.6 Å². The van der Waals surface area contributed by atoms with E-state index >= 15 is 0 Å². The van der Waals surface area contributed by atoms with Gasteiger partial charge in [-0.25, -0.2) is 19.9 Å². The second kappa shape index (κ2) is 11.7. The summed E-state index contributed by atoms with van der Waals surface area (Å²) in [5, 5.41) is 4.45. The summed E-state index contributed by atoms with van der Waals surface area (Å²) in [6, 6.07) is 46.7. The van der Waals surface area contributed by atoms with Crippen molar-refractivity contribution in [1.82, 2.24) is 19.9 Å². The maximum atomic E-state index is 5.39. The lowest BCUT2D eigenvalue weighted by Crippen LogP contribution is -1.97. The molecule has 0 saturated carbocycles. The molecule has 0 spiro atoms. The predicted molar refractivity (Wildman–Crippen MR) is 208 cm³/mol. The van der Waals surface area contributed by atoms with Gasteiger partial charge in [-0.1, -0.05) is 109 Å². The molecule has 0 radical (unpaired) electrons. The molecule has 50 heavy (non-hydrogen) atoms. The highest BCUT2D eigenvalue weighted by Gasteiger charge is 2.18. The summed E-state index contributed by atoms with van der Waals surface area (Å²) >= 11 is 0. The normalized spacial score (nSPS) is 11.6. The highest BCUT2D eigenvalue weighted by atomic mass is 14.8. The van der Waals surface area contributed by atoms with Crippen LogP contribution >= 0.6 is 0 Å². The molecule has 0 aliphatic rings.